The van der Waals surface area contributed by atoms with Crippen LogP contribution in [0.3, 0.4) is 0 Å². The summed E-state index contributed by atoms with van der Waals surface area (Å²) >= 11 is 0. The van der Waals surface area contributed by atoms with Crippen molar-refractivity contribution in [3.8, 4) is 5.88 Å². The maximum Gasteiger partial charge on any atom is 0.574 e. The van der Waals surface area contributed by atoms with E-state index in [-0.39, 0.29) is 5.56 Å². The first-order valence-electron chi connectivity index (χ1n) is 3.45. The highest BCUT2D eigenvalue weighted by Crippen LogP contribution is 2.20. The average molecular weight is 211 g/mol. The highest BCUT2D eigenvalue weighted by atomic mass is 19.4. The molecule has 14 heavy (non-hydrogen) atoms. The molecule has 0 saturated heterocycles. The van der Waals surface area contributed by atoms with Gasteiger partial charge in [0.25, 0.3) is 5.56 Å². The number of halogens is 4. The second-order valence-electron chi connectivity index (χ2n) is 2.48. The second kappa shape index (κ2) is 3.32. The molecule has 0 aromatic carbocycles. The van der Waals surface area contributed by atoms with E-state index >= 15 is 0 Å². The van der Waals surface area contributed by atoms with E-state index in [1.54, 1.807) is 4.98 Å². The van der Waals surface area contributed by atoms with Crippen molar-refractivity contribution in [2.45, 2.75) is 13.3 Å². The number of aromatic amines is 1. The molecule has 0 fully saturated rings. The van der Waals surface area contributed by atoms with Gasteiger partial charge in [-0.05, 0) is 6.92 Å². The summed E-state index contributed by atoms with van der Waals surface area (Å²) in [4.78, 5) is 12.5. The predicted octanol–water partition coefficient (Wildman–Crippen LogP) is 1.72. The molecular formula is C7H5F4NO2. The van der Waals surface area contributed by atoms with Crippen molar-refractivity contribution >= 4 is 0 Å². The van der Waals surface area contributed by atoms with Crippen LogP contribution in [0.4, 0.5) is 17.6 Å². The molecule has 0 aliphatic heterocycles. The van der Waals surface area contributed by atoms with Gasteiger partial charge in [0.2, 0.25) is 5.88 Å². The van der Waals surface area contributed by atoms with Crippen LogP contribution in [0.15, 0.2) is 10.9 Å². The highest BCUT2D eigenvalue weighted by molar-refractivity contribution is 5.19. The third-order valence-corrected chi connectivity index (χ3v) is 1.42. The van der Waals surface area contributed by atoms with Crippen molar-refractivity contribution in [2.75, 3.05) is 0 Å². The van der Waals surface area contributed by atoms with E-state index in [9.17, 15) is 22.4 Å². The third kappa shape index (κ3) is 2.48. The first kappa shape index (κ1) is 10.6. The summed E-state index contributed by atoms with van der Waals surface area (Å²) in [7, 11) is 0. The lowest BCUT2D eigenvalue weighted by Gasteiger charge is -2.08. The van der Waals surface area contributed by atoms with Crippen LogP contribution in [0, 0.1) is 12.7 Å². The fourth-order valence-electron chi connectivity index (χ4n) is 0.753. The molecule has 0 atom stereocenters. The normalized spacial score (nSPS) is 11.5. The van der Waals surface area contributed by atoms with Gasteiger partial charge in [0.1, 0.15) is 5.82 Å². The standard InChI is InChI=1S/C7H5F4NO2/c1-3-4(8)2-5(12-6(3)13)14-7(9,10)11/h2H,1H3,(H,12,13). The number of ether oxygens (including phenoxy) is 1. The summed E-state index contributed by atoms with van der Waals surface area (Å²) in [5, 5.41) is 0. The monoisotopic (exact) mass is 211 g/mol. The van der Waals surface area contributed by atoms with Crippen LogP contribution in [0.25, 0.3) is 0 Å². The minimum atomic E-state index is -4.95. The SMILES string of the molecule is Cc1c(F)cc(OC(F)(F)F)[nH]c1=O. The fraction of sp³-hybridized carbons (Fsp3) is 0.286. The fourth-order valence-corrected chi connectivity index (χ4v) is 0.753. The minimum Gasteiger partial charge on any atom is -0.390 e. The molecule has 1 N–H and O–H groups in total. The summed E-state index contributed by atoms with van der Waals surface area (Å²) in [5.41, 5.74) is -1.25. The molecule has 1 aromatic rings. The Hall–Kier alpha value is -1.53. The van der Waals surface area contributed by atoms with Crippen LogP contribution in [0.1, 0.15) is 5.56 Å². The molecule has 0 bridgehead atoms. The van der Waals surface area contributed by atoms with Gasteiger partial charge < -0.3 is 4.74 Å². The summed E-state index contributed by atoms with van der Waals surface area (Å²) < 4.78 is 51.0. The van der Waals surface area contributed by atoms with E-state index in [0.29, 0.717) is 6.07 Å². The number of H-pyrrole nitrogens is 1. The highest BCUT2D eigenvalue weighted by Gasteiger charge is 2.31. The topological polar surface area (TPSA) is 42.1 Å². The molecule has 1 aromatic heterocycles. The number of hydrogen-bond donors (Lipinski definition) is 1. The van der Waals surface area contributed by atoms with Crippen LogP contribution in [-0.4, -0.2) is 11.3 Å². The van der Waals surface area contributed by atoms with Gasteiger partial charge in [-0.25, -0.2) is 4.39 Å². The Labute approximate surface area is 75.3 Å². The lowest BCUT2D eigenvalue weighted by Crippen LogP contribution is -2.21. The Kier molecular flexibility index (Phi) is 2.50. The van der Waals surface area contributed by atoms with Gasteiger partial charge in [0.05, 0.1) is 5.56 Å². The lowest BCUT2D eigenvalue weighted by molar-refractivity contribution is -0.276. The quantitative estimate of drug-likeness (QED) is 0.718. The van der Waals surface area contributed by atoms with E-state index in [0.717, 1.165) is 6.92 Å². The number of nitrogens with one attached hydrogen (secondary N) is 1. The molecule has 0 radical (unpaired) electrons. The van der Waals surface area contributed by atoms with E-state index in [1.165, 1.54) is 0 Å². The Morgan fingerprint density at radius 1 is 1.43 bits per heavy atom. The summed E-state index contributed by atoms with van der Waals surface area (Å²) in [5.74, 6) is -2.02. The Morgan fingerprint density at radius 3 is 2.43 bits per heavy atom. The Bertz CT molecular complexity index is 396. The molecule has 0 aliphatic carbocycles. The van der Waals surface area contributed by atoms with Crippen LogP contribution >= 0.6 is 0 Å². The molecule has 3 nitrogen and oxygen atoms in total. The maximum atomic E-state index is 12.7. The van der Waals surface area contributed by atoms with Crippen molar-refractivity contribution in [3.63, 3.8) is 0 Å². The minimum absolute atomic E-state index is 0.292. The van der Waals surface area contributed by atoms with E-state index < -0.39 is 23.6 Å². The molecule has 0 amide bonds. The molecule has 1 rings (SSSR count). The Morgan fingerprint density at radius 2 is 2.00 bits per heavy atom. The molecule has 1 heterocycles. The van der Waals surface area contributed by atoms with Crippen LogP contribution in [0.5, 0.6) is 5.88 Å². The number of rotatable bonds is 1. The molecule has 7 heteroatoms. The molecule has 0 aliphatic rings. The van der Waals surface area contributed by atoms with Crippen LogP contribution in [-0.2, 0) is 0 Å². The molecule has 0 saturated carbocycles. The first-order chi connectivity index (χ1) is 6.29. The first-order valence-corrected chi connectivity index (χ1v) is 3.45. The summed E-state index contributed by atoms with van der Waals surface area (Å²) in [6.45, 7) is 1.14. The number of pyridine rings is 1. The zero-order valence-electron chi connectivity index (χ0n) is 6.91. The third-order valence-electron chi connectivity index (χ3n) is 1.42. The maximum absolute atomic E-state index is 12.7. The number of hydrogen-bond acceptors (Lipinski definition) is 2. The van der Waals surface area contributed by atoms with E-state index in [2.05, 4.69) is 4.74 Å². The van der Waals surface area contributed by atoms with E-state index in [1.807, 2.05) is 0 Å². The van der Waals surface area contributed by atoms with Gasteiger partial charge in [-0.3, -0.25) is 9.78 Å². The van der Waals surface area contributed by atoms with Gasteiger partial charge in [0.15, 0.2) is 0 Å². The zero-order chi connectivity index (χ0) is 10.9. The van der Waals surface area contributed by atoms with Crippen molar-refractivity contribution < 1.29 is 22.3 Å². The molecule has 78 valence electrons. The predicted molar refractivity (Wildman–Crippen MR) is 38.4 cm³/mol. The second-order valence-corrected chi connectivity index (χ2v) is 2.48. The van der Waals surface area contributed by atoms with Crippen molar-refractivity contribution in [1.82, 2.24) is 4.98 Å². The van der Waals surface area contributed by atoms with Gasteiger partial charge in [-0.2, -0.15) is 0 Å². The lowest BCUT2D eigenvalue weighted by atomic mass is 10.3. The number of alkyl halides is 3. The van der Waals surface area contributed by atoms with Gasteiger partial charge in [-0.1, -0.05) is 0 Å². The zero-order valence-corrected chi connectivity index (χ0v) is 6.91. The van der Waals surface area contributed by atoms with Crippen molar-refractivity contribution in [1.29, 1.82) is 0 Å². The Balaban J connectivity index is 3.08. The van der Waals surface area contributed by atoms with Crippen LogP contribution in [0.2, 0.25) is 0 Å². The van der Waals surface area contributed by atoms with E-state index in [4.69, 9.17) is 0 Å². The summed E-state index contributed by atoms with van der Waals surface area (Å²) in [6, 6.07) is 0.463. The van der Waals surface area contributed by atoms with Crippen LogP contribution < -0.4 is 10.3 Å². The number of aromatic nitrogens is 1. The van der Waals surface area contributed by atoms with Gasteiger partial charge >= 0.3 is 6.36 Å². The summed E-state index contributed by atoms with van der Waals surface area (Å²) in [6.07, 6.45) is -4.95. The average Bonchev–Trinajstić information content (AvgIpc) is 1.96. The smallest absolute Gasteiger partial charge is 0.390 e. The van der Waals surface area contributed by atoms with Crippen molar-refractivity contribution in [3.05, 3.63) is 27.8 Å². The van der Waals surface area contributed by atoms with Gasteiger partial charge in [-0.15, -0.1) is 13.2 Å². The molecule has 0 unspecified atom stereocenters. The van der Waals surface area contributed by atoms with Crippen molar-refractivity contribution in [2.24, 2.45) is 0 Å². The largest absolute Gasteiger partial charge is 0.574 e. The van der Waals surface area contributed by atoms with Gasteiger partial charge in [0, 0.05) is 6.07 Å². The molecule has 0 spiro atoms. The molecular weight excluding hydrogens is 206 g/mol.